The predicted molar refractivity (Wildman–Crippen MR) is 117 cm³/mol. The van der Waals surface area contributed by atoms with Crippen LogP contribution in [0.1, 0.15) is 31.8 Å². The van der Waals surface area contributed by atoms with E-state index in [4.69, 9.17) is 11.6 Å². The van der Waals surface area contributed by atoms with Gasteiger partial charge in [-0.1, -0.05) is 48.0 Å². The van der Waals surface area contributed by atoms with Crippen molar-refractivity contribution in [2.75, 3.05) is 11.9 Å². The third-order valence-corrected chi connectivity index (χ3v) is 5.54. The molecular weight excluding hydrogens is 418 g/mol. The topological polar surface area (TPSA) is 92.6 Å². The van der Waals surface area contributed by atoms with Gasteiger partial charge in [-0.2, -0.15) is 0 Å². The molecular formula is C23H18ClN3O4. The van der Waals surface area contributed by atoms with Gasteiger partial charge in [-0.25, -0.2) is 0 Å². The van der Waals surface area contributed by atoms with Gasteiger partial charge in [0, 0.05) is 25.2 Å². The minimum absolute atomic E-state index is 0.0388. The Bertz CT molecular complexity index is 1190. The van der Waals surface area contributed by atoms with Gasteiger partial charge in [0.25, 0.3) is 17.5 Å². The van der Waals surface area contributed by atoms with E-state index in [0.717, 1.165) is 18.1 Å². The van der Waals surface area contributed by atoms with E-state index >= 15 is 0 Å². The van der Waals surface area contributed by atoms with Crippen molar-refractivity contribution in [2.45, 2.75) is 13.0 Å². The first-order valence-corrected chi connectivity index (χ1v) is 10.0. The number of halogens is 1. The lowest BCUT2D eigenvalue weighted by molar-refractivity contribution is -0.384. The van der Waals surface area contributed by atoms with Crippen LogP contribution in [0.5, 0.6) is 0 Å². The summed E-state index contributed by atoms with van der Waals surface area (Å²) in [5, 5.41) is 13.6. The fraction of sp³-hybridized carbons (Fsp3) is 0.130. The van der Waals surface area contributed by atoms with Crippen LogP contribution in [0.15, 0.2) is 66.7 Å². The molecule has 0 bridgehead atoms. The number of anilines is 1. The monoisotopic (exact) mass is 435 g/mol. The summed E-state index contributed by atoms with van der Waals surface area (Å²) in [5.74, 6) is -0.732. The molecule has 0 fully saturated rings. The zero-order valence-electron chi connectivity index (χ0n) is 16.4. The standard InChI is InChI=1S/C23H18ClN3O4/c24-20-13-17(27(30)31)9-10-18(20)22(28)25-21-8-4-3-7-19(21)23(29)26-12-11-15-5-1-2-6-16(15)14-26/h1-10,13H,11-12,14H2,(H,25,28). The van der Waals surface area contributed by atoms with Crippen molar-refractivity contribution >= 4 is 34.8 Å². The van der Waals surface area contributed by atoms with E-state index in [1.807, 2.05) is 18.2 Å². The highest BCUT2D eigenvalue weighted by atomic mass is 35.5. The Kier molecular flexibility index (Phi) is 5.68. The molecule has 0 atom stereocenters. The SMILES string of the molecule is O=C(Nc1ccccc1C(=O)N1CCc2ccccc2C1)c1ccc([N+](=O)[O-])cc1Cl. The van der Waals surface area contributed by atoms with E-state index in [-0.39, 0.29) is 22.2 Å². The maximum absolute atomic E-state index is 13.2. The minimum Gasteiger partial charge on any atom is -0.334 e. The lowest BCUT2D eigenvalue weighted by Gasteiger charge is -2.29. The van der Waals surface area contributed by atoms with Gasteiger partial charge >= 0.3 is 0 Å². The van der Waals surface area contributed by atoms with Gasteiger partial charge in [-0.3, -0.25) is 19.7 Å². The molecule has 8 heteroatoms. The Morgan fingerprint density at radius 2 is 1.68 bits per heavy atom. The second-order valence-electron chi connectivity index (χ2n) is 7.17. The zero-order valence-corrected chi connectivity index (χ0v) is 17.1. The summed E-state index contributed by atoms with van der Waals surface area (Å²) in [4.78, 5) is 38.0. The molecule has 3 aromatic rings. The van der Waals surface area contributed by atoms with E-state index in [2.05, 4.69) is 11.4 Å². The highest BCUT2D eigenvalue weighted by Gasteiger charge is 2.24. The molecule has 0 radical (unpaired) electrons. The highest BCUT2D eigenvalue weighted by Crippen LogP contribution is 2.26. The molecule has 0 saturated carbocycles. The van der Waals surface area contributed by atoms with Crippen molar-refractivity contribution in [3.05, 3.63) is 104 Å². The molecule has 0 unspecified atom stereocenters. The van der Waals surface area contributed by atoms with E-state index < -0.39 is 10.8 Å². The van der Waals surface area contributed by atoms with Crippen LogP contribution in [0.3, 0.4) is 0 Å². The number of para-hydroxylation sites is 1. The Balaban J connectivity index is 1.56. The molecule has 2 amide bonds. The molecule has 0 aliphatic carbocycles. The second kappa shape index (κ2) is 8.57. The molecule has 7 nitrogen and oxygen atoms in total. The number of rotatable bonds is 4. The van der Waals surface area contributed by atoms with Gasteiger partial charge in [0.1, 0.15) is 0 Å². The predicted octanol–water partition coefficient (Wildman–Crippen LogP) is 4.70. The van der Waals surface area contributed by atoms with Gasteiger partial charge in [-0.15, -0.1) is 0 Å². The molecule has 0 aromatic heterocycles. The van der Waals surface area contributed by atoms with Crippen LogP contribution in [0.4, 0.5) is 11.4 Å². The molecule has 156 valence electrons. The van der Waals surface area contributed by atoms with Gasteiger partial charge in [-0.05, 0) is 35.7 Å². The summed E-state index contributed by atoms with van der Waals surface area (Å²) in [6, 6.07) is 18.4. The van der Waals surface area contributed by atoms with Crippen LogP contribution in [-0.2, 0) is 13.0 Å². The number of fused-ring (bicyclic) bond motifs is 1. The molecule has 1 heterocycles. The van der Waals surface area contributed by atoms with Crippen LogP contribution in [-0.4, -0.2) is 28.2 Å². The Hall–Kier alpha value is -3.71. The van der Waals surface area contributed by atoms with Crippen molar-refractivity contribution in [3.63, 3.8) is 0 Å². The van der Waals surface area contributed by atoms with Crippen molar-refractivity contribution in [1.29, 1.82) is 0 Å². The largest absolute Gasteiger partial charge is 0.334 e. The zero-order chi connectivity index (χ0) is 22.0. The van der Waals surface area contributed by atoms with Crippen molar-refractivity contribution in [3.8, 4) is 0 Å². The number of nitrogens with one attached hydrogen (secondary N) is 1. The van der Waals surface area contributed by atoms with Gasteiger partial charge in [0.15, 0.2) is 0 Å². The normalized spacial score (nSPS) is 12.7. The number of nitrogens with zero attached hydrogens (tertiary/aromatic N) is 2. The van der Waals surface area contributed by atoms with Crippen LogP contribution >= 0.6 is 11.6 Å². The molecule has 1 aliphatic rings. The molecule has 1 N–H and O–H groups in total. The quantitative estimate of drug-likeness (QED) is 0.475. The number of carbonyl (C=O) groups excluding carboxylic acids is 2. The number of carbonyl (C=O) groups is 2. The van der Waals surface area contributed by atoms with Crippen molar-refractivity contribution < 1.29 is 14.5 Å². The molecule has 3 aromatic carbocycles. The summed E-state index contributed by atoms with van der Waals surface area (Å²) >= 11 is 6.07. The number of amides is 2. The third-order valence-electron chi connectivity index (χ3n) is 5.23. The average molecular weight is 436 g/mol. The number of non-ortho nitro benzene ring substituents is 1. The Labute approximate surface area is 183 Å². The molecule has 1 aliphatic heterocycles. The maximum Gasteiger partial charge on any atom is 0.270 e. The van der Waals surface area contributed by atoms with E-state index in [0.29, 0.717) is 24.3 Å². The fourth-order valence-electron chi connectivity index (χ4n) is 3.61. The minimum atomic E-state index is -0.585. The first-order valence-electron chi connectivity index (χ1n) is 9.64. The van der Waals surface area contributed by atoms with E-state index in [1.165, 1.54) is 17.7 Å². The molecule has 0 saturated heterocycles. The van der Waals surface area contributed by atoms with Gasteiger partial charge in [0.2, 0.25) is 0 Å². The first-order chi connectivity index (χ1) is 14.9. The average Bonchev–Trinajstić information content (AvgIpc) is 2.78. The van der Waals surface area contributed by atoms with Crippen molar-refractivity contribution in [1.82, 2.24) is 4.90 Å². The van der Waals surface area contributed by atoms with Crippen LogP contribution in [0.2, 0.25) is 5.02 Å². The Morgan fingerprint density at radius 1 is 0.968 bits per heavy atom. The van der Waals surface area contributed by atoms with Crippen molar-refractivity contribution in [2.24, 2.45) is 0 Å². The number of hydrogen-bond donors (Lipinski definition) is 1. The molecule has 31 heavy (non-hydrogen) atoms. The smallest absolute Gasteiger partial charge is 0.270 e. The number of hydrogen-bond acceptors (Lipinski definition) is 4. The summed E-state index contributed by atoms with van der Waals surface area (Å²) in [5.41, 5.74) is 2.95. The number of nitro groups is 1. The van der Waals surface area contributed by atoms with E-state index in [1.54, 1.807) is 29.2 Å². The highest BCUT2D eigenvalue weighted by molar-refractivity contribution is 6.34. The fourth-order valence-corrected chi connectivity index (χ4v) is 3.87. The number of benzene rings is 3. The van der Waals surface area contributed by atoms with Crippen LogP contribution < -0.4 is 5.32 Å². The summed E-state index contributed by atoms with van der Waals surface area (Å²) < 4.78 is 0. The van der Waals surface area contributed by atoms with E-state index in [9.17, 15) is 19.7 Å². The molecule has 4 rings (SSSR count). The Morgan fingerprint density at radius 3 is 2.42 bits per heavy atom. The lowest BCUT2D eigenvalue weighted by Crippen LogP contribution is -2.36. The van der Waals surface area contributed by atoms with Crippen LogP contribution in [0, 0.1) is 10.1 Å². The van der Waals surface area contributed by atoms with Gasteiger partial charge < -0.3 is 10.2 Å². The summed E-state index contributed by atoms with van der Waals surface area (Å²) in [6.07, 6.45) is 0.773. The first kappa shape index (κ1) is 20.6. The van der Waals surface area contributed by atoms with Gasteiger partial charge in [0.05, 0.1) is 26.8 Å². The molecule has 0 spiro atoms. The second-order valence-corrected chi connectivity index (χ2v) is 7.57. The third kappa shape index (κ3) is 4.27. The summed E-state index contributed by atoms with van der Waals surface area (Å²) in [6.45, 7) is 1.10. The lowest BCUT2D eigenvalue weighted by atomic mass is 9.99. The summed E-state index contributed by atoms with van der Waals surface area (Å²) in [7, 11) is 0. The maximum atomic E-state index is 13.2. The number of nitro benzene ring substituents is 1. The van der Waals surface area contributed by atoms with Crippen LogP contribution in [0.25, 0.3) is 0 Å².